The maximum absolute atomic E-state index is 13.0. The molecular weight excluding hydrogens is 458 g/mol. The second-order valence-electron chi connectivity index (χ2n) is 8.59. The normalized spacial score (nSPS) is 20.3. The molecule has 0 spiro atoms. The van der Waals surface area contributed by atoms with Crippen LogP contribution in [0.3, 0.4) is 0 Å². The molecule has 1 amide bonds. The van der Waals surface area contributed by atoms with Gasteiger partial charge in [0.15, 0.2) is 5.13 Å². The largest absolute Gasteiger partial charge is 0.344 e. The van der Waals surface area contributed by atoms with Gasteiger partial charge in [-0.3, -0.25) is 4.79 Å². The first-order valence-electron chi connectivity index (χ1n) is 11.3. The van der Waals surface area contributed by atoms with Gasteiger partial charge in [0.2, 0.25) is 10.0 Å². The lowest BCUT2D eigenvalue weighted by molar-refractivity contribution is 0.0746. The van der Waals surface area contributed by atoms with E-state index in [1.54, 1.807) is 46.1 Å². The highest BCUT2D eigenvalue weighted by Gasteiger charge is 2.31. The Labute approximate surface area is 197 Å². The molecule has 8 nitrogen and oxygen atoms in total. The van der Waals surface area contributed by atoms with Gasteiger partial charge < -0.3 is 9.80 Å². The number of aromatic nitrogens is 2. The molecule has 33 heavy (non-hydrogen) atoms. The molecule has 2 aliphatic heterocycles. The number of carbonyl (C=O) groups is 1. The van der Waals surface area contributed by atoms with Crippen LogP contribution in [0.1, 0.15) is 36.5 Å². The highest BCUT2D eigenvalue weighted by Crippen LogP contribution is 2.28. The van der Waals surface area contributed by atoms with Gasteiger partial charge in [-0.1, -0.05) is 17.8 Å². The van der Waals surface area contributed by atoms with Crippen molar-refractivity contribution in [3.05, 3.63) is 48.2 Å². The third-order valence-corrected chi connectivity index (χ3v) is 9.51. The zero-order valence-corrected chi connectivity index (χ0v) is 20.2. The third-order valence-electron chi connectivity index (χ3n) is 6.44. The Hall–Kier alpha value is -2.56. The van der Waals surface area contributed by atoms with E-state index >= 15 is 0 Å². The van der Waals surface area contributed by atoms with Crippen molar-refractivity contribution >= 4 is 42.7 Å². The molecule has 174 valence electrons. The highest BCUT2D eigenvalue weighted by atomic mass is 32.2. The Morgan fingerprint density at radius 1 is 1.03 bits per heavy atom. The van der Waals surface area contributed by atoms with Crippen LogP contribution in [0, 0.1) is 0 Å². The molecule has 0 saturated carbocycles. The topological polar surface area (TPSA) is 86.7 Å². The van der Waals surface area contributed by atoms with E-state index in [0.717, 1.165) is 34.7 Å². The summed E-state index contributed by atoms with van der Waals surface area (Å²) in [4.78, 5) is 27.2. The van der Waals surface area contributed by atoms with Crippen LogP contribution in [0.4, 0.5) is 5.13 Å². The molecule has 1 aromatic carbocycles. The molecule has 3 aromatic rings. The third kappa shape index (κ3) is 4.34. The van der Waals surface area contributed by atoms with E-state index in [4.69, 9.17) is 0 Å². The molecule has 0 bridgehead atoms. The van der Waals surface area contributed by atoms with Crippen molar-refractivity contribution in [1.29, 1.82) is 0 Å². The van der Waals surface area contributed by atoms with E-state index < -0.39 is 10.0 Å². The molecule has 2 aromatic heterocycles. The number of hydrogen-bond donors (Lipinski definition) is 0. The molecular formula is C23H27N5O3S2. The van der Waals surface area contributed by atoms with Crippen molar-refractivity contribution in [3.8, 4) is 0 Å². The number of anilines is 1. The monoisotopic (exact) mass is 485 g/mol. The fraction of sp³-hybridized carbons (Fsp3) is 0.435. The van der Waals surface area contributed by atoms with Crippen molar-refractivity contribution < 1.29 is 13.2 Å². The molecule has 1 unspecified atom stereocenters. The number of fused-ring (bicyclic) bond motifs is 1. The lowest BCUT2D eigenvalue weighted by Gasteiger charge is -2.34. The van der Waals surface area contributed by atoms with Crippen LogP contribution < -0.4 is 4.90 Å². The number of benzene rings is 1. The van der Waals surface area contributed by atoms with Gasteiger partial charge in [0, 0.05) is 50.5 Å². The van der Waals surface area contributed by atoms with Crippen molar-refractivity contribution in [2.24, 2.45) is 0 Å². The number of amides is 1. The second kappa shape index (κ2) is 9.00. The van der Waals surface area contributed by atoms with E-state index in [0.29, 0.717) is 38.3 Å². The van der Waals surface area contributed by atoms with Gasteiger partial charge in [-0.25, -0.2) is 18.4 Å². The lowest BCUT2D eigenvalue weighted by Crippen LogP contribution is -2.48. The quantitative estimate of drug-likeness (QED) is 0.564. The summed E-state index contributed by atoms with van der Waals surface area (Å²) in [6, 6.07) is 10.2. The van der Waals surface area contributed by atoms with Crippen LogP contribution in [0.25, 0.3) is 10.3 Å². The van der Waals surface area contributed by atoms with Crippen molar-refractivity contribution in [1.82, 2.24) is 19.2 Å². The number of thiazole rings is 1. The van der Waals surface area contributed by atoms with Gasteiger partial charge in [-0.2, -0.15) is 4.31 Å². The summed E-state index contributed by atoms with van der Waals surface area (Å²) >= 11 is 1.56. The van der Waals surface area contributed by atoms with E-state index in [2.05, 4.69) is 14.9 Å². The fourth-order valence-electron chi connectivity index (χ4n) is 4.51. The molecule has 10 heteroatoms. The maximum atomic E-state index is 13.0. The summed E-state index contributed by atoms with van der Waals surface area (Å²) in [5.74, 6) is -0.0732. The molecule has 2 aliphatic rings. The number of pyridine rings is 1. The fourth-order valence-corrected chi connectivity index (χ4v) is 7.17. The minimum Gasteiger partial charge on any atom is -0.344 e. The van der Waals surface area contributed by atoms with Crippen LogP contribution in [-0.2, 0) is 10.0 Å². The van der Waals surface area contributed by atoms with Crippen LogP contribution in [0.15, 0.2) is 47.5 Å². The Bertz CT molecular complexity index is 1220. The maximum Gasteiger partial charge on any atom is 0.253 e. The molecule has 0 aliphatic carbocycles. The predicted molar refractivity (Wildman–Crippen MR) is 129 cm³/mol. The van der Waals surface area contributed by atoms with Crippen LogP contribution >= 0.6 is 11.3 Å². The molecule has 1 atom stereocenters. The molecule has 2 fully saturated rings. The Balaban J connectivity index is 1.24. The average molecular weight is 486 g/mol. The number of piperazine rings is 1. The summed E-state index contributed by atoms with van der Waals surface area (Å²) in [7, 11) is -3.54. The Morgan fingerprint density at radius 3 is 2.48 bits per heavy atom. The predicted octanol–water partition coefficient (Wildman–Crippen LogP) is 3.22. The zero-order valence-electron chi connectivity index (χ0n) is 18.6. The van der Waals surface area contributed by atoms with E-state index in [1.807, 2.05) is 24.0 Å². The lowest BCUT2D eigenvalue weighted by atomic mass is 10.1. The summed E-state index contributed by atoms with van der Waals surface area (Å²) in [5.41, 5.74) is 1.41. The van der Waals surface area contributed by atoms with Crippen LogP contribution in [0.5, 0.6) is 0 Å². The number of hydrogen-bond acceptors (Lipinski definition) is 7. The first-order chi connectivity index (χ1) is 15.9. The molecule has 4 heterocycles. The van der Waals surface area contributed by atoms with Crippen molar-refractivity contribution in [2.75, 3.05) is 37.6 Å². The summed E-state index contributed by atoms with van der Waals surface area (Å²) in [5, 5.41) is 0.928. The number of sulfonamides is 1. The molecule has 0 N–H and O–H groups in total. The van der Waals surface area contributed by atoms with Gasteiger partial charge in [-0.15, -0.1) is 0 Å². The van der Waals surface area contributed by atoms with Gasteiger partial charge >= 0.3 is 0 Å². The number of nitrogens with zero attached hydrogens (tertiary/aromatic N) is 5. The van der Waals surface area contributed by atoms with E-state index in [9.17, 15) is 13.2 Å². The molecule has 5 rings (SSSR count). The molecule has 2 saturated heterocycles. The zero-order chi connectivity index (χ0) is 23.0. The van der Waals surface area contributed by atoms with Crippen molar-refractivity contribution in [2.45, 2.75) is 37.1 Å². The van der Waals surface area contributed by atoms with Gasteiger partial charge in [0.25, 0.3) is 5.91 Å². The number of rotatable bonds is 4. The van der Waals surface area contributed by atoms with E-state index in [1.165, 1.54) is 0 Å². The Kier molecular flexibility index (Phi) is 6.07. The second-order valence-corrected chi connectivity index (χ2v) is 11.4. The number of carbonyl (C=O) groups excluding carboxylic acids is 1. The summed E-state index contributed by atoms with van der Waals surface area (Å²) in [6.07, 6.45) is 4.60. The van der Waals surface area contributed by atoms with Crippen LogP contribution in [0.2, 0.25) is 0 Å². The standard InChI is InChI=1S/C23H27N5O3S2/c1-17-5-2-3-12-28(17)33(30,31)19-9-7-18(8-10-19)22(29)26-13-15-27(16-14-26)23-25-20-6-4-11-24-21(20)32-23/h4,6-11,17H,2-3,5,12-16H2,1H3. The highest BCUT2D eigenvalue weighted by molar-refractivity contribution is 7.89. The molecule has 0 radical (unpaired) electrons. The average Bonchev–Trinajstić information content (AvgIpc) is 3.28. The summed E-state index contributed by atoms with van der Waals surface area (Å²) < 4.78 is 27.7. The van der Waals surface area contributed by atoms with Crippen molar-refractivity contribution in [3.63, 3.8) is 0 Å². The minimum atomic E-state index is -3.54. The minimum absolute atomic E-state index is 0.00700. The SMILES string of the molecule is CC1CCCCN1S(=O)(=O)c1ccc(C(=O)N2CCN(c3nc4cccnc4s3)CC2)cc1. The van der Waals surface area contributed by atoms with Gasteiger partial charge in [0.1, 0.15) is 10.3 Å². The van der Waals surface area contributed by atoms with Gasteiger partial charge in [-0.05, 0) is 56.2 Å². The number of piperidine rings is 1. The summed E-state index contributed by atoms with van der Waals surface area (Å²) in [6.45, 7) is 5.09. The Morgan fingerprint density at radius 2 is 1.79 bits per heavy atom. The first-order valence-corrected chi connectivity index (χ1v) is 13.6. The van der Waals surface area contributed by atoms with E-state index in [-0.39, 0.29) is 16.8 Å². The smallest absolute Gasteiger partial charge is 0.253 e. The van der Waals surface area contributed by atoms with Gasteiger partial charge in [0.05, 0.1) is 4.90 Å². The van der Waals surface area contributed by atoms with Crippen LogP contribution in [-0.4, -0.2) is 72.3 Å². The first kappa shape index (κ1) is 22.2.